The molecular formula is C19H26FN3O2. The molecule has 6 heteroatoms. The van der Waals surface area contributed by atoms with Crippen molar-refractivity contribution in [3.8, 4) is 0 Å². The smallest absolute Gasteiger partial charge is 0.234 e. The summed E-state index contributed by atoms with van der Waals surface area (Å²) in [4.78, 5) is 28.8. The van der Waals surface area contributed by atoms with Crippen LogP contribution in [0.25, 0.3) is 0 Å². The minimum Gasteiger partial charge on any atom is -0.355 e. The molecule has 5 nitrogen and oxygen atoms in total. The van der Waals surface area contributed by atoms with Crippen molar-refractivity contribution in [2.75, 3.05) is 39.3 Å². The standard InChI is InChI=1S/C19H26FN3O2/c1-2-21-17(24)14-22-9-11-23(12-10-22)18(25)19(7-4-8-19)15-5-3-6-16(20)13-15/h3,5-6,13H,2,4,7-12,14H2,1H3,(H,21,24). The molecule has 0 aromatic heterocycles. The number of rotatable bonds is 5. The average Bonchev–Trinajstić information content (AvgIpc) is 2.55. The maximum Gasteiger partial charge on any atom is 0.234 e. The lowest BCUT2D eigenvalue weighted by Crippen LogP contribution is -2.57. The molecule has 2 amide bonds. The molecule has 1 aliphatic heterocycles. The number of likely N-dealkylation sites (N-methyl/N-ethyl adjacent to an activating group) is 1. The van der Waals surface area contributed by atoms with Crippen molar-refractivity contribution in [1.29, 1.82) is 0 Å². The summed E-state index contributed by atoms with van der Waals surface area (Å²) < 4.78 is 13.6. The molecular weight excluding hydrogens is 321 g/mol. The molecule has 0 radical (unpaired) electrons. The normalized spacial score (nSPS) is 20.0. The number of nitrogens with zero attached hydrogens (tertiary/aromatic N) is 2. The van der Waals surface area contributed by atoms with Crippen LogP contribution >= 0.6 is 0 Å². The van der Waals surface area contributed by atoms with Gasteiger partial charge in [0.2, 0.25) is 11.8 Å². The molecule has 2 fully saturated rings. The summed E-state index contributed by atoms with van der Waals surface area (Å²) in [7, 11) is 0. The number of piperazine rings is 1. The van der Waals surface area contributed by atoms with Gasteiger partial charge in [0.05, 0.1) is 12.0 Å². The van der Waals surface area contributed by atoms with Gasteiger partial charge in [0.25, 0.3) is 0 Å². The predicted octanol–water partition coefficient (Wildman–Crippen LogP) is 1.53. The van der Waals surface area contributed by atoms with Crippen molar-refractivity contribution in [3.63, 3.8) is 0 Å². The van der Waals surface area contributed by atoms with E-state index in [0.717, 1.165) is 24.8 Å². The van der Waals surface area contributed by atoms with E-state index < -0.39 is 5.41 Å². The Kier molecular flexibility index (Phi) is 5.37. The second kappa shape index (κ2) is 7.52. The fraction of sp³-hybridized carbons (Fsp3) is 0.579. The van der Waals surface area contributed by atoms with Crippen LogP contribution in [-0.2, 0) is 15.0 Å². The molecule has 0 atom stereocenters. The summed E-state index contributed by atoms with van der Waals surface area (Å²) in [6, 6.07) is 6.47. The maximum absolute atomic E-state index is 13.6. The Hall–Kier alpha value is -1.95. The lowest BCUT2D eigenvalue weighted by Gasteiger charge is -2.46. The Labute approximate surface area is 148 Å². The number of halogens is 1. The fourth-order valence-corrected chi connectivity index (χ4v) is 3.81. The first-order valence-electron chi connectivity index (χ1n) is 9.09. The van der Waals surface area contributed by atoms with E-state index in [2.05, 4.69) is 10.2 Å². The number of hydrogen-bond donors (Lipinski definition) is 1. The second-order valence-electron chi connectivity index (χ2n) is 6.97. The molecule has 136 valence electrons. The molecule has 1 heterocycles. The quantitative estimate of drug-likeness (QED) is 0.879. The van der Waals surface area contributed by atoms with Crippen LogP contribution in [0, 0.1) is 5.82 Å². The minimum absolute atomic E-state index is 0.0255. The van der Waals surface area contributed by atoms with Gasteiger partial charge in [-0.2, -0.15) is 0 Å². The molecule has 25 heavy (non-hydrogen) atoms. The van der Waals surface area contributed by atoms with Gasteiger partial charge >= 0.3 is 0 Å². The van der Waals surface area contributed by atoms with Gasteiger partial charge in [0.15, 0.2) is 0 Å². The minimum atomic E-state index is -0.552. The van der Waals surface area contributed by atoms with Crippen LogP contribution in [0.1, 0.15) is 31.7 Å². The lowest BCUT2D eigenvalue weighted by molar-refractivity contribution is -0.142. The van der Waals surface area contributed by atoms with E-state index in [9.17, 15) is 14.0 Å². The molecule has 0 unspecified atom stereocenters. The summed E-state index contributed by atoms with van der Waals surface area (Å²) in [6.45, 7) is 5.55. The molecule has 1 aromatic rings. The molecule has 1 saturated carbocycles. The zero-order valence-electron chi connectivity index (χ0n) is 14.8. The van der Waals surface area contributed by atoms with Crippen molar-refractivity contribution >= 4 is 11.8 Å². The van der Waals surface area contributed by atoms with Crippen molar-refractivity contribution < 1.29 is 14.0 Å². The Bertz CT molecular complexity index is 637. The maximum atomic E-state index is 13.6. The molecule has 1 aliphatic carbocycles. The van der Waals surface area contributed by atoms with Gasteiger partial charge in [-0.15, -0.1) is 0 Å². The number of amides is 2. The van der Waals surface area contributed by atoms with E-state index >= 15 is 0 Å². The van der Waals surface area contributed by atoms with Crippen LogP contribution in [0.2, 0.25) is 0 Å². The van der Waals surface area contributed by atoms with Crippen molar-refractivity contribution in [3.05, 3.63) is 35.6 Å². The largest absolute Gasteiger partial charge is 0.355 e. The van der Waals surface area contributed by atoms with E-state index in [1.165, 1.54) is 12.1 Å². The van der Waals surface area contributed by atoms with Gasteiger partial charge in [-0.1, -0.05) is 18.6 Å². The molecule has 0 bridgehead atoms. The number of nitrogens with one attached hydrogen (secondary N) is 1. The van der Waals surface area contributed by atoms with E-state index in [0.29, 0.717) is 39.3 Å². The van der Waals surface area contributed by atoms with E-state index in [-0.39, 0.29) is 17.6 Å². The van der Waals surface area contributed by atoms with Crippen LogP contribution in [0.4, 0.5) is 4.39 Å². The first-order valence-corrected chi connectivity index (χ1v) is 9.09. The number of carbonyl (C=O) groups excluding carboxylic acids is 2. The zero-order valence-corrected chi connectivity index (χ0v) is 14.8. The van der Waals surface area contributed by atoms with Crippen LogP contribution in [0.15, 0.2) is 24.3 Å². The number of hydrogen-bond acceptors (Lipinski definition) is 3. The van der Waals surface area contributed by atoms with E-state index in [1.54, 1.807) is 6.07 Å². The third-order valence-electron chi connectivity index (χ3n) is 5.39. The lowest BCUT2D eigenvalue weighted by atomic mass is 9.63. The highest BCUT2D eigenvalue weighted by Crippen LogP contribution is 2.45. The Morgan fingerprint density at radius 3 is 2.48 bits per heavy atom. The third kappa shape index (κ3) is 3.68. The van der Waals surface area contributed by atoms with Gasteiger partial charge in [0, 0.05) is 32.7 Å². The van der Waals surface area contributed by atoms with Gasteiger partial charge in [0.1, 0.15) is 5.82 Å². The topological polar surface area (TPSA) is 52.7 Å². The third-order valence-corrected chi connectivity index (χ3v) is 5.39. The van der Waals surface area contributed by atoms with Gasteiger partial charge in [-0.25, -0.2) is 4.39 Å². The molecule has 1 N–H and O–H groups in total. The van der Waals surface area contributed by atoms with Crippen molar-refractivity contribution in [2.24, 2.45) is 0 Å². The Morgan fingerprint density at radius 2 is 1.92 bits per heavy atom. The van der Waals surface area contributed by atoms with Crippen LogP contribution in [0.5, 0.6) is 0 Å². The van der Waals surface area contributed by atoms with Crippen LogP contribution < -0.4 is 5.32 Å². The van der Waals surface area contributed by atoms with Crippen LogP contribution in [0.3, 0.4) is 0 Å². The Balaban J connectivity index is 1.63. The van der Waals surface area contributed by atoms with Crippen molar-refractivity contribution in [1.82, 2.24) is 15.1 Å². The summed E-state index contributed by atoms with van der Waals surface area (Å²) in [6.07, 6.45) is 2.57. The van der Waals surface area contributed by atoms with Crippen molar-refractivity contribution in [2.45, 2.75) is 31.6 Å². The van der Waals surface area contributed by atoms with Crippen LogP contribution in [-0.4, -0.2) is 60.9 Å². The molecule has 3 rings (SSSR count). The van der Waals surface area contributed by atoms with Gasteiger partial charge < -0.3 is 10.2 Å². The summed E-state index contributed by atoms with van der Waals surface area (Å²) in [5.41, 5.74) is 0.248. The first kappa shape index (κ1) is 17.9. The molecule has 1 aromatic carbocycles. The first-order chi connectivity index (χ1) is 12.0. The van der Waals surface area contributed by atoms with E-state index in [4.69, 9.17) is 0 Å². The molecule has 2 aliphatic rings. The Morgan fingerprint density at radius 1 is 1.20 bits per heavy atom. The predicted molar refractivity (Wildman–Crippen MR) is 93.6 cm³/mol. The van der Waals surface area contributed by atoms with E-state index in [1.807, 2.05) is 17.9 Å². The SMILES string of the molecule is CCNC(=O)CN1CCN(C(=O)C2(c3cccc(F)c3)CCC2)CC1. The number of benzene rings is 1. The summed E-state index contributed by atoms with van der Waals surface area (Å²) >= 11 is 0. The summed E-state index contributed by atoms with van der Waals surface area (Å²) in [5, 5.41) is 2.80. The highest BCUT2D eigenvalue weighted by molar-refractivity contribution is 5.89. The fourth-order valence-electron chi connectivity index (χ4n) is 3.81. The second-order valence-corrected chi connectivity index (χ2v) is 6.97. The summed E-state index contributed by atoms with van der Waals surface area (Å²) in [5.74, 6) is -0.150. The molecule has 0 spiro atoms. The monoisotopic (exact) mass is 347 g/mol. The number of carbonyl (C=O) groups is 2. The zero-order chi connectivity index (χ0) is 17.9. The van der Waals surface area contributed by atoms with Gasteiger partial charge in [-0.05, 0) is 37.5 Å². The highest BCUT2D eigenvalue weighted by atomic mass is 19.1. The van der Waals surface area contributed by atoms with Gasteiger partial charge in [-0.3, -0.25) is 14.5 Å². The highest BCUT2D eigenvalue weighted by Gasteiger charge is 2.48. The average molecular weight is 347 g/mol. The molecule has 1 saturated heterocycles.